The molecule has 0 radical (unpaired) electrons. The summed E-state index contributed by atoms with van der Waals surface area (Å²) in [6.45, 7) is 8.83. The van der Waals surface area contributed by atoms with Crippen LogP contribution >= 0.6 is 0 Å². The third-order valence-electron chi connectivity index (χ3n) is 4.81. The number of amides is 2. The molecule has 2 amide bonds. The first kappa shape index (κ1) is 13.7. The fourth-order valence-electron chi connectivity index (χ4n) is 3.40. The second-order valence-corrected chi connectivity index (χ2v) is 6.17. The molecule has 0 unspecified atom stereocenters. The molecule has 0 aromatic heterocycles. The highest BCUT2D eigenvalue weighted by atomic mass is 16.2. The van der Waals surface area contributed by atoms with E-state index in [0.717, 1.165) is 37.8 Å². The number of hydrogen-bond acceptors (Lipinski definition) is 2. The Bertz CT molecular complexity index is 277. The number of primary amides is 1. The summed E-state index contributed by atoms with van der Waals surface area (Å²) in [5.74, 6) is 1.73. The number of piperidine rings is 2. The van der Waals surface area contributed by atoms with Gasteiger partial charge in [-0.05, 0) is 50.6 Å². The average Bonchev–Trinajstić information content (AvgIpc) is 2.39. The van der Waals surface area contributed by atoms with E-state index in [2.05, 4.69) is 18.7 Å². The summed E-state index contributed by atoms with van der Waals surface area (Å²) in [5, 5.41) is 0. The number of likely N-dealkylation sites (tertiary alicyclic amines) is 2. The molecule has 2 saturated heterocycles. The Labute approximate surface area is 110 Å². The smallest absolute Gasteiger partial charge is 0.314 e. The molecule has 0 aromatic carbocycles. The van der Waals surface area contributed by atoms with Crippen molar-refractivity contribution in [2.45, 2.75) is 45.6 Å². The van der Waals surface area contributed by atoms with E-state index in [4.69, 9.17) is 5.73 Å². The minimum absolute atomic E-state index is 0.257. The van der Waals surface area contributed by atoms with Crippen LogP contribution in [-0.4, -0.2) is 48.1 Å². The monoisotopic (exact) mass is 253 g/mol. The standard InChI is InChI=1S/C14H27N3O/c1-11(2)12-3-7-16(8-4-12)13-5-9-17(10-6-13)14(15)18/h11-13H,3-10H2,1-2H3,(H2,15,18). The van der Waals surface area contributed by atoms with E-state index < -0.39 is 0 Å². The lowest BCUT2D eigenvalue weighted by molar-refractivity contribution is 0.0775. The lowest BCUT2D eigenvalue weighted by Gasteiger charge is -2.42. The average molecular weight is 253 g/mol. The number of nitrogens with two attached hydrogens (primary N) is 1. The maximum Gasteiger partial charge on any atom is 0.314 e. The third-order valence-corrected chi connectivity index (χ3v) is 4.81. The molecule has 18 heavy (non-hydrogen) atoms. The Morgan fingerprint density at radius 2 is 1.61 bits per heavy atom. The quantitative estimate of drug-likeness (QED) is 0.817. The number of hydrogen-bond donors (Lipinski definition) is 1. The van der Waals surface area contributed by atoms with Gasteiger partial charge < -0.3 is 15.5 Å². The van der Waals surface area contributed by atoms with E-state index in [1.54, 1.807) is 4.90 Å². The second kappa shape index (κ2) is 5.91. The first-order valence-electron chi connectivity index (χ1n) is 7.36. The lowest BCUT2D eigenvalue weighted by atomic mass is 9.85. The predicted molar refractivity (Wildman–Crippen MR) is 73.3 cm³/mol. The van der Waals surface area contributed by atoms with Crippen molar-refractivity contribution in [2.24, 2.45) is 17.6 Å². The summed E-state index contributed by atoms with van der Waals surface area (Å²) in [6, 6.07) is 0.417. The first-order valence-corrected chi connectivity index (χ1v) is 7.36. The molecular formula is C14H27N3O. The molecule has 2 rings (SSSR count). The molecule has 0 atom stereocenters. The molecule has 104 valence electrons. The summed E-state index contributed by atoms with van der Waals surface area (Å²) in [6.07, 6.45) is 4.87. The molecule has 0 bridgehead atoms. The fraction of sp³-hybridized carbons (Fsp3) is 0.929. The number of urea groups is 1. The Balaban J connectivity index is 1.76. The highest BCUT2D eigenvalue weighted by molar-refractivity contribution is 5.72. The predicted octanol–water partition coefficient (Wildman–Crippen LogP) is 1.90. The van der Waals surface area contributed by atoms with Gasteiger partial charge >= 0.3 is 6.03 Å². The highest BCUT2D eigenvalue weighted by Crippen LogP contribution is 2.27. The molecule has 2 aliphatic rings. The zero-order chi connectivity index (χ0) is 13.1. The van der Waals surface area contributed by atoms with E-state index in [1.807, 2.05) is 0 Å². The molecule has 0 aliphatic carbocycles. The van der Waals surface area contributed by atoms with Crippen molar-refractivity contribution >= 4 is 6.03 Å². The van der Waals surface area contributed by atoms with Gasteiger partial charge in [0.1, 0.15) is 0 Å². The molecule has 0 saturated carbocycles. The molecule has 0 aromatic rings. The molecule has 2 heterocycles. The van der Waals surface area contributed by atoms with Gasteiger partial charge in [0.05, 0.1) is 0 Å². The fourth-order valence-corrected chi connectivity index (χ4v) is 3.40. The summed E-state index contributed by atoms with van der Waals surface area (Å²) in [7, 11) is 0. The highest BCUT2D eigenvalue weighted by Gasteiger charge is 2.29. The van der Waals surface area contributed by atoms with Crippen LogP contribution in [0.15, 0.2) is 0 Å². The van der Waals surface area contributed by atoms with Gasteiger partial charge in [0.2, 0.25) is 0 Å². The largest absolute Gasteiger partial charge is 0.351 e. The van der Waals surface area contributed by atoms with Crippen molar-refractivity contribution in [3.63, 3.8) is 0 Å². The molecule has 0 spiro atoms. The lowest BCUT2D eigenvalue weighted by Crippen LogP contribution is -2.50. The minimum atomic E-state index is -0.257. The Morgan fingerprint density at radius 1 is 1.06 bits per heavy atom. The van der Waals surface area contributed by atoms with Gasteiger partial charge in [-0.25, -0.2) is 4.79 Å². The van der Waals surface area contributed by atoms with Gasteiger partial charge in [-0.1, -0.05) is 13.8 Å². The van der Waals surface area contributed by atoms with Crippen molar-refractivity contribution in [3.05, 3.63) is 0 Å². The van der Waals surface area contributed by atoms with Gasteiger partial charge in [0.25, 0.3) is 0 Å². The van der Waals surface area contributed by atoms with Crippen LogP contribution in [0.25, 0.3) is 0 Å². The van der Waals surface area contributed by atoms with Gasteiger partial charge in [-0.3, -0.25) is 0 Å². The third kappa shape index (κ3) is 3.16. The van der Waals surface area contributed by atoms with Crippen LogP contribution in [-0.2, 0) is 0 Å². The van der Waals surface area contributed by atoms with Crippen molar-refractivity contribution in [3.8, 4) is 0 Å². The Kier molecular flexibility index (Phi) is 4.49. The van der Waals surface area contributed by atoms with Crippen LogP contribution in [0.5, 0.6) is 0 Å². The van der Waals surface area contributed by atoms with E-state index >= 15 is 0 Å². The maximum atomic E-state index is 11.1. The van der Waals surface area contributed by atoms with Crippen LogP contribution in [0.1, 0.15) is 39.5 Å². The molecule has 4 nitrogen and oxygen atoms in total. The first-order chi connectivity index (χ1) is 8.58. The number of nitrogens with zero attached hydrogens (tertiary/aromatic N) is 2. The summed E-state index contributed by atoms with van der Waals surface area (Å²) in [5.41, 5.74) is 5.32. The van der Waals surface area contributed by atoms with E-state index in [1.165, 1.54) is 25.9 Å². The SMILES string of the molecule is CC(C)C1CCN(C2CCN(C(N)=O)CC2)CC1. The van der Waals surface area contributed by atoms with E-state index in [9.17, 15) is 4.79 Å². The van der Waals surface area contributed by atoms with Gasteiger partial charge in [0, 0.05) is 19.1 Å². The number of carbonyl (C=O) groups excluding carboxylic acids is 1. The van der Waals surface area contributed by atoms with Gasteiger partial charge in [-0.2, -0.15) is 0 Å². The van der Waals surface area contributed by atoms with Crippen LogP contribution in [0.4, 0.5) is 4.79 Å². The summed E-state index contributed by atoms with van der Waals surface area (Å²) < 4.78 is 0. The molecular weight excluding hydrogens is 226 g/mol. The van der Waals surface area contributed by atoms with Crippen molar-refractivity contribution in [2.75, 3.05) is 26.2 Å². The van der Waals surface area contributed by atoms with Gasteiger partial charge in [-0.15, -0.1) is 0 Å². The maximum absolute atomic E-state index is 11.1. The number of carbonyl (C=O) groups is 1. The van der Waals surface area contributed by atoms with E-state index in [0.29, 0.717) is 6.04 Å². The molecule has 2 fully saturated rings. The number of rotatable bonds is 2. The summed E-state index contributed by atoms with van der Waals surface area (Å²) in [4.78, 5) is 15.5. The molecule has 4 heteroatoms. The zero-order valence-electron chi connectivity index (χ0n) is 11.8. The topological polar surface area (TPSA) is 49.6 Å². The van der Waals surface area contributed by atoms with Crippen LogP contribution in [0, 0.1) is 11.8 Å². The normalized spacial score (nSPS) is 24.7. The zero-order valence-corrected chi connectivity index (χ0v) is 11.8. The second-order valence-electron chi connectivity index (χ2n) is 6.17. The minimum Gasteiger partial charge on any atom is -0.351 e. The van der Waals surface area contributed by atoms with Crippen molar-refractivity contribution in [1.29, 1.82) is 0 Å². The van der Waals surface area contributed by atoms with Crippen LogP contribution in [0.2, 0.25) is 0 Å². The molecule has 2 aliphatic heterocycles. The Hall–Kier alpha value is -0.770. The van der Waals surface area contributed by atoms with Crippen molar-refractivity contribution in [1.82, 2.24) is 9.80 Å². The van der Waals surface area contributed by atoms with Gasteiger partial charge in [0.15, 0.2) is 0 Å². The Morgan fingerprint density at radius 3 is 2.06 bits per heavy atom. The van der Waals surface area contributed by atoms with Crippen molar-refractivity contribution < 1.29 is 4.79 Å². The summed E-state index contributed by atoms with van der Waals surface area (Å²) >= 11 is 0. The van der Waals surface area contributed by atoms with Crippen LogP contribution in [0.3, 0.4) is 0 Å². The van der Waals surface area contributed by atoms with Crippen LogP contribution < -0.4 is 5.73 Å². The van der Waals surface area contributed by atoms with E-state index in [-0.39, 0.29) is 6.03 Å². The molecule has 2 N–H and O–H groups in total.